The lowest BCUT2D eigenvalue weighted by atomic mass is 9.87. The Balaban J connectivity index is 1.29. The van der Waals surface area contributed by atoms with Gasteiger partial charge in [0.2, 0.25) is 0 Å². The monoisotopic (exact) mass is 440 g/mol. The number of aryl methyl sites for hydroxylation is 1. The van der Waals surface area contributed by atoms with Crippen LogP contribution < -0.4 is 4.74 Å². The lowest BCUT2D eigenvalue weighted by Crippen LogP contribution is -2.46. The number of hydrogen-bond donors (Lipinski definition) is 0. The van der Waals surface area contributed by atoms with E-state index in [1.165, 1.54) is 0 Å². The fourth-order valence-electron chi connectivity index (χ4n) is 4.30. The Morgan fingerprint density at radius 3 is 2.97 bits per heavy atom. The highest BCUT2D eigenvalue weighted by molar-refractivity contribution is 6.31. The van der Waals surface area contributed by atoms with Crippen molar-refractivity contribution in [2.24, 2.45) is 13.0 Å². The Labute approximate surface area is 183 Å². The maximum Gasteiger partial charge on any atom is 0.276 e. The van der Waals surface area contributed by atoms with E-state index in [0.717, 1.165) is 18.4 Å². The van der Waals surface area contributed by atoms with Gasteiger partial charge in [0.05, 0.1) is 17.3 Å². The Morgan fingerprint density at radius 1 is 1.29 bits per heavy atom. The van der Waals surface area contributed by atoms with Crippen LogP contribution in [0.25, 0.3) is 11.3 Å². The van der Waals surface area contributed by atoms with E-state index in [-0.39, 0.29) is 35.8 Å². The molecule has 0 aliphatic carbocycles. The Bertz CT molecular complexity index is 1150. The summed E-state index contributed by atoms with van der Waals surface area (Å²) in [6, 6.07) is 6.75. The third-order valence-electron chi connectivity index (χ3n) is 5.90. The van der Waals surface area contributed by atoms with Crippen LogP contribution in [0.1, 0.15) is 40.1 Å². The van der Waals surface area contributed by atoms with Gasteiger partial charge in [-0.1, -0.05) is 16.8 Å². The molecular formula is C22H21ClN4O4. The molecule has 9 heteroatoms. The number of ether oxygens (including phenoxy) is 1. The number of fused-ring (bicyclic) bond motifs is 1. The minimum atomic E-state index is -0.264. The van der Waals surface area contributed by atoms with Crippen LogP contribution in [-0.4, -0.2) is 50.7 Å². The molecule has 4 heterocycles. The quantitative estimate of drug-likeness (QED) is 0.618. The number of piperidine rings is 1. The van der Waals surface area contributed by atoms with Crippen LogP contribution in [0.4, 0.5) is 0 Å². The van der Waals surface area contributed by atoms with Gasteiger partial charge >= 0.3 is 0 Å². The fourth-order valence-corrected chi connectivity index (χ4v) is 4.48. The number of rotatable bonds is 3. The zero-order chi connectivity index (χ0) is 21.5. The number of nitrogens with zero attached hydrogens (tertiary/aromatic N) is 4. The van der Waals surface area contributed by atoms with Gasteiger partial charge in [-0.05, 0) is 31.0 Å². The van der Waals surface area contributed by atoms with Gasteiger partial charge in [0.25, 0.3) is 5.91 Å². The smallest absolute Gasteiger partial charge is 0.276 e. The third kappa shape index (κ3) is 3.83. The van der Waals surface area contributed by atoms with Gasteiger partial charge in [0.15, 0.2) is 17.2 Å². The van der Waals surface area contributed by atoms with Crippen molar-refractivity contribution < 1.29 is 18.8 Å². The normalized spacial score (nSPS) is 21.0. The molecule has 0 unspecified atom stereocenters. The van der Waals surface area contributed by atoms with Crippen molar-refractivity contribution in [1.82, 2.24) is 19.8 Å². The number of amides is 1. The number of carbonyl (C=O) groups excluding carboxylic acids is 2. The summed E-state index contributed by atoms with van der Waals surface area (Å²) in [5.74, 6) is 0.969. The lowest BCUT2D eigenvalue weighted by Gasteiger charge is -2.38. The van der Waals surface area contributed by atoms with E-state index in [4.69, 9.17) is 20.9 Å². The maximum atomic E-state index is 13.0. The van der Waals surface area contributed by atoms with Gasteiger partial charge in [0, 0.05) is 49.8 Å². The standard InChI is InChI=1S/C22H21ClN4O4/c1-26-11-14(10-24-26)21-8-17(25-31-21)22(29)27-6-2-3-13(12-27)20-9-18(28)16-7-15(23)4-5-19(16)30-20/h4-5,7-8,10-11,13,20H,2-3,6,9,12H2,1H3/t13-,20-/m1/s1. The average molecular weight is 441 g/mol. The first kappa shape index (κ1) is 19.8. The maximum absolute atomic E-state index is 13.0. The van der Waals surface area contributed by atoms with Crippen LogP contribution in [0.3, 0.4) is 0 Å². The minimum Gasteiger partial charge on any atom is -0.489 e. The molecule has 0 radical (unpaired) electrons. The number of likely N-dealkylation sites (tertiary alicyclic amines) is 1. The molecule has 2 aliphatic rings. The van der Waals surface area contributed by atoms with Gasteiger partial charge in [-0.25, -0.2) is 0 Å². The molecule has 2 aliphatic heterocycles. The summed E-state index contributed by atoms with van der Waals surface area (Å²) in [6.45, 7) is 1.14. The largest absolute Gasteiger partial charge is 0.489 e. The number of Topliss-reactive ketones (excluding diaryl/α,β-unsaturated/α-hetero) is 1. The van der Waals surface area contributed by atoms with E-state index >= 15 is 0 Å². The molecule has 160 valence electrons. The summed E-state index contributed by atoms with van der Waals surface area (Å²) in [7, 11) is 1.81. The lowest BCUT2D eigenvalue weighted by molar-refractivity contribution is 0.0404. The van der Waals surface area contributed by atoms with Crippen LogP contribution in [0.2, 0.25) is 5.02 Å². The van der Waals surface area contributed by atoms with Gasteiger partial charge in [-0.15, -0.1) is 0 Å². The number of benzene rings is 1. The highest BCUT2D eigenvalue weighted by Crippen LogP contribution is 2.35. The third-order valence-corrected chi connectivity index (χ3v) is 6.13. The van der Waals surface area contributed by atoms with Crippen molar-refractivity contribution in [2.45, 2.75) is 25.4 Å². The zero-order valence-corrected chi connectivity index (χ0v) is 17.7. The Hall–Kier alpha value is -3.13. The van der Waals surface area contributed by atoms with Crippen LogP contribution in [-0.2, 0) is 7.05 Å². The first-order chi connectivity index (χ1) is 15.0. The Morgan fingerprint density at radius 2 is 2.16 bits per heavy atom. The molecule has 0 spiro atoms. The second-order valence-corrected chi connectivity index (χ2v) is 8.49. The molecule has 2 aromatic heterocycles. The highest BCUT2D eigenvalue weighted by Gasteiger charge is 2.36. The molecule has 2 atom stereocenters. The van der Waals surface area contributed by atoms with Crippen molar-refractivity contribution in [3.05, 3.63) is 52.9 Å². The summed E-state index contributed by atoms with van der Waals surface area (Å²) in [6.07, 6.45) is 5.22. The van der Waals surface area contributed by atoms with Crippen LogP contribution in [0.5, 0.6) is 5.75 Å². The molecule has 1 fully saturated rings. The summed E-state index contributed by atoms with van der Waals surface area (Å²) in [5, 5.41) is 8.59. The van der Waals surface area contributed by atoms with E-state index in [2.05, 4.69) is 10.3 Å². The van der Waals surface area contributed by atoms with E-state index in [9.17, 15) is 9.59 Å². The SMILES string of the molecule is Cn1cc(-c2cc(C(=O)N3CCC[C@@H]([C@H]4CC(=O)c5cc(Cl)ccc5O4)C3)no2)cn1. The second-order valence-electron chi connectivity index (χ2n) is 8.06. The van der Waals surface area contributed by atoms with Crippen molar-refractivity contribution in [2.75, 3.05) is 13.1 Å². The highest BCUT2D eigenvalue weighted by atomic mass is 35.5. The number of ketones is 1. The molecule has 0 saturated carbocycles. The molecule has 5 rings (SSSR count). The van der Waals surface area contributed by atoms with Crippen LogP contribution in [0, 0.1) is 5.92 Å². The van der Waals surface area contributed by atoms with Crippen LogP contribution in [0.15, 0.2) is 41.2 Å². The van der Waals surface area contributed by atoms with E-state index < -0.39 is 0 Å². The van der Waals surface area contributed by atoms with E-state index in [0.29, 0.717) is 35.2 Å². The molecule has 3 aromatic rings. The average Bonchev–Trinajstić information content (AvgIpc) is 3.43. The summed E-state index contributed by atoms with van der Waals surface area (Å²) in [5.41, 5.74) is 1.55. The van der Waals surface area contributed by atoms with Gasteiger partial charge < -0.3 is 14.2 Å². The van der Waals surface area contributed by atoms with E-state index in [1.54, 1.807) is 46.2 Å². The topological polar surface area (TPSA) is 90.5 Å². The first-order valence-corrected chi connectivity index (χ1v) is 10.6. The number of aromatic nitrogens is 3. The predicted octanol–water partition coefficient (Wildman–Crippen LogP) is 3.61. The number of halogens is 1. The van der Waals surface area contributed by atoms with E-state index in [1.807, 2.05) is 7.05 Å². The zero-order valence-electron chi connectivity index (χ0n) is 17.0. The first-order valence-electron chi connectivity index (χ1n) is 10.2. The second kappa shape index (κ2) is 7.85. The molecule has 31 heavy (non-hydrogen) atoms. The Kier molecular flexibility index (Phi) is 5.02. The molecule has 1 amide bonds. The number of hydrogen-bond acceptors (Lipinski definition) is 6. The predicted molar refractivity (Wildman–Crippen MR) is 112 cm³/mol. The van der Waals surface area contributed by atoms with Crippen molar-refractivity contribution in [3.8, 4) is 17.1 Å². The van der Waals surface area contributed by atoms with Gasteiger partial charge in [-0.2, -0.15) is 5.10 Å². The summed E-state index contributed by atoms with van der Waals surface area (Å²) >= 11 is 6.01. The molecular weight excluding hydrogens is 420 g/mol. The fraction of sp³-hybridized carbons (Fsp3) is 0.364. The van der Waals surface area contributed by atoms with Crippen molar-refractivity contribution in [3.63, 3.8) is 0 Å². The van der Waals surface area contributed by atoms with Crippen molar-refractivity contribution in [1.29, 1.82) is 0 Å². The molecule has 1 aromatic carbocycles. The molecule has 0 bridgehead atoms. The minimum absolute atomic E-state index is 0.0230. The van der Waals surface area contributed by atoms with Crippen molar-refractivity contribution >= 4 is 23.3 Å². The molecule has 8 nitrogen and oxygen atoms in total. The van der Waals surface area contributed by atoms with Gasteiger partial charge in [-0.3, -0.25) is 14.3 Å². The molecule has 0 N–H and O–H groups in total. The number of carbonyl (C=O) groups is 2. The molecule has 1 saturated heterocycles. The summed E-state index contributed by atoms with van der Waals surface area (Å²) < 4.78 is 13.1. The summed E-state index contributed by atoms with van der Waals surface area (Å²) in [4.78, 5) is 27.4. The van der Waals surface area contributed by atoms with Gasteiger partial charge in [0.1, 0.15) is 11.9 Å². The van der Waals surface area contributed by atoms with Crippen LogP contribution >= 0.6 is 11.6 Å².